The Hall–Kier alpha value is -2.20. The van der Waals surface area contributed by atoms with Crippen LogP contribution in [-0.2, 0) is 25.5 Å². The number of benzene rings is 1. The number of amides is 2. The van der Waals surface area contributed by atoms with E-state index in [2.05, 4.69) is 5.32 Å². The number of ether oxygens (including phenoxy) is 1. The highest BCUT2D eigenvalue weighted by Crippen LogP contribution is 2.36. The molecule has 2 amide bonds. The number of hydrogen-bond acceptors (Lipinski definition) is 5. The maximum absolute atomic E-state index is 14.5. The molecular formula is C16H16F2N2O5S. The minimum atomic E-state index is -1.60. The highest BCUT2D eigenvalue weighted by atomic mass is 32.2. The lowest BCUT2D eigenvalue weighted by molar-refractivity contribution is -0.127. The lowest BCUT2D eigenvalue weighted by Crippen LogP contribution is -2.35. The van der Waals surface area contributed by atoms with Crippen LogP contribution in [0.2, 0.25) is 0 Å². The Bertz CT molecular complexity index is 752. The molecule has 2 saturated heterocycles. The Morgan fingerprint density at radius 2 is 2.00 bits per heavy atom. The van der Waals surface area contributed by atoms with Crippen molar-refractivity contribution in [3.8, 4) is 0 Å². The molecule has 2 aliphatic heterocycles. The number of anilines is 1. The van der Waals surface area contributed by atoms with Crippen molar-refractivity contribution in [2.75, 3.05) is 24.2 Å². The number of nitrogens with zero attached hydrogens (tertiary/aromatic N) is 1. The van der Waals surface area contributed by atoms with Crippen molar-refractivity contribution in [1.82, 2.24) is 5.32 Å². The first kappa shape index (κ1) is 18.6. The van der Waals surface area contributed by atoms with Gasteiger partial charge in [0.1, 0.15) is 17.4 Å². The van der Waals surface area contributed by atoms with Crippen LogP contribution in [0.25, 0.3) is 0 Å². The third kappa shape index (κ3) is 3.38. The summed E-state index contributed by atoms with van der Waals surface area (Å²) < 4.78 is 45.4. The van der Waals surface area contributed by atoms with Crippen LogP contribution in [0.15, 0.2) is 12.1 Å². The normalized spacial score (nSPS) is 26.0. The molecule has 1 aromatic carbocycles. The van der Waals surface area contributed by atoms with Crippen molar-refractivity contribution < 1.29 is 32.5 Å². The fourth-order valence-corrected chi connectivity index (χ4v) is 4.21. The Labute approximate surface area is 150 Å². The molecule has 3 atom stereocenters. The molecule has 2 aliphatic rings. The van der Waals surface area contributed by atoms with Gasteiger partial charge < -0.3 is 14.6 Å². The molecule has 140 valence electrons. The van der Waals surface area contributed by atoms with Crippen molar-refractivity contribution in [3.63, 3.8) is 0 Å². The predicted molar refractivity (Wildman–Crippen MR) is 88.0 cm³/mol. The number of halogens is 2. The first-order valence-electron chi connectivity index (χ1n) is 7.91. The number of hydrogen-bond donors (Lipinski definition) is 1. The summed E-state index contributed by atoms with van der Waals surface area (Å²) in [4.78, 5) is 36.0. The van der Waals surface area contributed by atoms with Gasteiger partial charge in [-0.2, -0.15) is 0 Å². The number of carbonyl (C=O) groups excluding carboxylic acids is 3. The second kappa shape index (κ2) is 7.20. The summed E-state index contributed by atoms with van der Waals surface area (Å²) in [6.45, 7) is -0.169. The smallest absolute Gasteiger partial charge is 0.415 e. The van der Waals surface area contributed by atoms with Crippen molar-refractivity contribution in [1.29, 1.82) is 0 Å². The summed E-state index contributed by atoms with van der Waals surface area (Å²) in [5.74, 6) is -2.95. The molecule has 10 heteroatoms. The van der Waals surface area contributed by atoms with E-state index in [0.717, 1.165) is 17.0 Å². The maximum Gasteiger partial charge on any atom is 0.415 e. The lowest BCUT2D eigenvalue weighted by atomic mass is 9.92. The summed E-state index contributed by atoms with van der Waals surface area (Å²) in [5.41, 5.74) is -0.333. The number of rotatable bonds is 3. The van der Waals surface area contributed by atoms with Gasteiger partial charge in [0.15, 0.2) is 6.10 Å². The van der Waals surface area contributed by atoms with E-state index in [0.29, 0.717) is 0 Å². The van der Waals surface area contributed by atoms with Crippen LogP contribution in [0.3, 0.4) is 0 Å². The van der Waals surface area contributed by atoms with Crippen molar-refractivity contribution in [3.05, 3.63) is 29.3 Å². The Kier molecular flexibility index (Phi) is 5.15. The van der Waals surface area contributed by atoms with Gasteiger partial charge in [0.05, 0.1) is 18.7 Å². The lowest BCUT2D eigenvalue weighted by Gasteiger charge is -2.24. The van der Waals surface area contributed by atoms with Gasteiger partial charge in [-0.3, -0.25) is 9.69 Å². The van der Waals surface area contributed by atoms with Crippen LogP contribution in [0, 0.1) is 11.6 Å². The van der Waals surface area contributed by atoms with Gasteiger partial charge in [-0.05, 0) is 12.1 Å². The quantitative estimate of drug-likeness (QED) is 0.787. The number of cyclic esters (lactones) is 1. The van der Waals surface area contributed by atoms with Crippen LogP contribution in [0.1, 0.15) is 24.3 Å². The Balaban J connectivity index is 1.85. The predicted octanol–water partition coefficient (Wildman–Crippen LogP) is 1.19. The number of carbonyl (C=O) groups is 3. The van der Waals surface area contributed by atoms with E-state index in [1.165, 1.54) is 7.05 Å². The average molecular weight is 386 g/mol. The summed E-state index contributed by atoms with van der Waals surface area (Å²) in [6, 6.07) is 1.95. The van der Waals surface area contributed by atoms with Crippen LogP contribution in [0.4, 0.5) is 19.3 Å². The molecule has 0 aliphatic carbocycles. The van der Waals surface area contributed by atoms with Gasteiger partial charge in [-0.1, -0.05) is 0 Å². The van der Waals surface area contributed by atoms with Crippen molar-refractivity contribution in [2.24, 2.45) is 0 Å². The van der Waals surface area contributed by atoms with Crippen LogP contribution in [0.5, 0.6) is 0 Å². The standard InChI is InChI=1S/C16H16F2N2O5S/c1-19-15(22)12-7-20(16(23)25-12)9-5-10(17)14(11(18)6-9)8-2-3-26(24)13(21)4-8/h5-6,8,12H,2-4,7H2,1H3,(H,19,22)/t8-,12-,26-/m1/s1. The molecule has 0 aromatic heterocycles. The van der Waals surface area contributed by atoms with Crippen LogP contribution >= 0.6 is 0 Å². The van der Waals surface area contributed by atoms with E-state index in [9.17, 15) is 27.7 Å². The van der Waals surface area contributed by atoms with Gasteiger partial charge in [-0.15, -0.1) is 0 Å². The average Bonchev–Trinajstić information content (AvgIpc) is 2.98. The Morgan fingerprint density at radius 1 is 1.35 bits per heavy atom. The minimum absolute atomic E-state index is 0.0659. The van der Waals surface area contributed by atoms with Crippen molar-refractivity contribution >= 4 is 34.0 Å². The van der Waals surface area contributed by atoms with E-state index in [4.69, 9.17) is 4.74 Å². The molecule has 2 fully saturated rings. The SMILES string of the molecule is CNC(=O)[C@H]1CN(c2cc(F)c([C@@H]3CC[S@@+]([O-])C(=O)C3)c(F)c2)C(=O)O1. The molecule has 0 spiro atoms. The topological polar surface area (TPSA) is 98.8 Å². The molecule has 0 bridgehead atoms. The van der Waals surface area contributed by atoms with E-state index in [1.807, 2.05) is 0 Å². The van der Waals surface area contributed by atoms with Crippen LogP contribution < -0.4 is 10.2 Å². The molecular weight excluding hydrogens is 370 g/mol. The van der Waals surface area contributed by atoms with Gasteiger partial charge in [0, 0.05) is 36.1 Å². The van der Waals surface area contributed by atoms with Gasteiger partial charge in [0.25, 0.3) is 5.91 Å². The molecule has 26 heavy (non-hydrogen) atoms. The zero-order valence-electron chi connectivity index (χ0n) is 13.8. The molecule has 2 heterocycles. The van der Waals surface area contributed by atoms with Gasteiger partial charge in [-0.25, -0.2) is 18.4 Å². The van der Waals surface area contributed by atoms with E-state index in [1.54, 1.807) is 0 Å². The van der Waals surface area contributed by atoms with Crippen LogP contribution in [-0.4, -0.2) is 47.1 Å². The molecule has 0 unspecified atom stereocenters. The molecule has 1 aromatic rings. The Morgan fingerprint density at radius 3 is 2.58 bits per heavy atom. The fraction of sp³-hybridized carbons (Fsp3) is 0.438. The highest BCUT2D eigenvalue weighted by Gasteiger charge is 2.38. The highest BCUT2D eigenvalue weighted by molar-refractivity contribution is 8.06. The zero-order valence-corrected chi connectivity index (χ0v) is 14.6. The molecule has 0 saturated carbocycles. The molecule has 3 rings (SSSR count). The summed E-state index contributed by atoms with van der Waals surface area (Å²) in [5, 5.41) is 1.81. The summed E-state index contributed by atoms with van der Waals surface area (Å²) in [7, 11) is 1.38. The second-order valence-corrected chi connectivity index (χ2v) is 7.59. The summed E-state index contributed by atoms with van der Waals surface area (Å²) >= 11 is -1.60. The second-order valence-electron chi connectivity index (χ2n) is 6.03. The molecule has 7 nitrogen and oxygen atoms in total. The number of likely N-dealkylation sites (N-methyl/N-ethyl adjacent to an activating group) is 1. The largest absolute Gasteiger partial charge is 0.609 e. The minimum Gasteiger partial charge on any atom is -0.609 e. The van der Waals surface area contributed by atoms with Gasteiger partial charge in [0.2, 0.25) is 0 Å². The first-order valence-corrected chi connectivity index (χ1v) is 9.23. The number of nitrogens with one attached hydrogen (secondary N) is 1. The van der Waals surface area contributed by atoms with Gasteiger partial charge >= 0.3 is 11.2 Å². The van der Waals surface area contributed by atoms with Crippen molar-refractivity contribution in [2.45, 2.75) is 24.9 Å². The molecule has 1 N–H and O–H groups in total. The first-order chi connectivity index (χ1) is 12.3. The maximum atomic E-state index is 14.5. The third-order valence-corrected chi connectivity index (χ3v) is 5.73. The fourth-order valence-electron chi connectivity index (χ4n) is 3.09. The van der Waals surface area contributed by atoms with E-state index < -0.39 is 51.9 Å². The molecule has 0 radical (unpaired) electrons. The monoisotopic (exact) mass is 386 g/mol. The zero-order chi connectivity index (χ0) is 19.0. The summed E-state index contributed by atoms with van der Waals surface area (Å²) in [6.07, 6.45) is -1.90. The third-order valence-electron chi connectivity index (χ3n) is 4.45. The van der Waals surface area contributed by atoms with E-state index in [-0.39, 0.29) is 36.4 Å². The van der Waals surface area contributed by atoms with E-state index >= 15 is 0 Å².